The Labute approximate surface area is 152 Å². The zero-order chi connectivity index (χ0) is 18.6. The molecule has 0 aliphatic heterocycles. The molecular formula is C15H17N3O5S2. The van der Waals surface area contributed by atoms with Gasteiger partial charge in [0.15, 0.2) is 11.5 Å². The summed E-state index contributed by atoms with van der Waals surface area (Å²) in [7, 11) is 1.27. The summed E-state index contributed by atoms with van der Waals surface area (Å²) in [6.45, 7) is 4.98. The Morgan fingerprint density at radius 2 is 1.92 bits per heavy atom. The quantitative estimate of drug-likeness (QED) is 0.763. The molecule has 2 heterocycles. The fourth-order valence-corrected chi connectivity index (χ4v) is 3.73. The lowest BCUT2D eigenvalue weighted by molar-refractivity contribution is -0.119. The number of ether oxygens (including phenoxy) is 2. The predicted octanol–water partition coefficient (Wildman–Crippen LogP) is 2.36. The number of nitrogens with one attached hydrogen (secondary N) is 1. The van der Waals surface area contributed by atoms with Gasteiger partial charge in [-0.25, -0.2) is 9.59 Å². The predicted molar refractivity (Wildman–Crippen MR) is 93.3 cm³/mol. The van der Waals surface area contributed by atoms with Crippen LogP contribution in [0.5, 0.6) is 0 Å². The maximum Gasteiger partial charge on any atom is 0.352 e. The van der Waals surface area contributed by atoms with Gasteiger partial charge in [-0.05, 0) is 37.4 Å². The summed E-state index contributed by atoms with van der Waals surface area (Å²) in [5.74, 6) is -1.72. The second-order valence-corrected chi connectivity index (χ2v) is 6.98. The molecule has 2 aromatic rings. The van der Waals surface area contributed by atoms with Crippen molar-refractivity contribution in [2.24, 2.45) is 0 Å². The average Bonchev–Trinajstić information content (AvgIpc) is 3.17. The third-order valence-electron chi connectivity index (χ3n) is 3.44. The minimum Gasteiger partial charge on any atom is -0.465 e. The van der Waals surface area contributed by atoms with Crippen molar-refractivity contribution in [1.29, 1.82) is 0 Å². The number of amides is 1. The Hall–Kier alpha value is -2.33. The molecule has 0 spiro atoms. The Morgan fingerprint density at radius 1 is 1.20 bits per heavy atom. The van der Waals surface area contributed by atoms with E-state index in [2.05, 4.69) is 14.9 Å². The molecule has 8 nitrogen and oxygen atoms in total. The third kappa shape index (κ3) is 4.20. The van der Waals surface area contributed by atoms with Crippen molar-refractivity contribution in [3.63, 3.8) is 0 Å². The lowest BCUT2D eigenvalue weighted by Crippen LogP contribution is -2.21. The molecule has 0 radical (unpaired) electrons. The molecule has 0 unspecified atom stereocenters. The Morgan fingerprint density at radius 3 is 2.56 bits per heavy atom. The van der Waals surface area contributed by atoms with E-state index in [1.165, 1.54) is 18.4 Å². The largest absolute Gasteiger partial charge is 0.465 e. The molecule has 0 bridgehead atoms. The van der Waals surface area contributed by atoms with Crippen LogP contribution in [0.1, 0.15) is 43.1 Å². The van der Waals surface area contributed by atoms with E-state index in [4.69, 9.17) is 9.47 Å². The number of aryl methyl sites for hydroxylation is 2. The second-order valence-electron chi connectivity index (χ2n) is 5.01. The summed E-state index contributed by atoms with van der Waals surface area (Å²) >= 11 is 2.19. The van der Waals surface area contributed by atoms with Gasteiger partial charge >= 0.3 is 11.9 Å². The highest BCUT2D eigenvalue weighted by Crippen LogP contribution is 2.32. The average molecular weight is 383 g/mol. The van der Waals surface area contributed by atoms with Crippen molar-refractivity contribution < 1.29 is 23.9 Å². The van der Waals surface area contributed by atoms with Gasteiger partial charge in [0.25, 0.3) is 5.91 Å². The second kappa shape index (κ2) is 8.17. The zero-order valence-corrected chi connectivity index (χ0v) is 15.8. The van der Waals surface area contributed by atoms with Gasteiger partial charge in [-0.3, -0.25) is 4.79 Å². The van der Waals surface area contributed by atoms with Crippen molar-refractivity contribution in [2.75, 3.05) is 19.0 Å². The molecule has 1 N–H and O–H groups in total. The van der Waals surface area contributed by atoms with E-state index >= 15 is 0 Å². The highest BCUT2D eigenvalue weighted by molar-refractivity contribution is 7.16. The fourth-order valence-electron chi connectivity index (χ4n) is 2.02. The van der Waals surface area contributed by atoms with Gasteiger partial charge in [0.05, 0.1) is 18.4 Å². The first-order valence-corrected chi connectivity index (χ1v) is 8.94. The van der Waals surface area contributed by atoms with Crippen molar-refractivity contribution in [1.82, 2.24) is 9.59 Å². The summed E-state index contributed by atoms with van der Waals surface area (Å²) in [6.07, 6.45) is 0.545. The van der Waals surface area contributed by atoms with E-state index in [9.17, 15) is 14.4 Å². The number of esters is 2. The summed E-state index contributed by atoms with van der Waals surface area (Å²) < 4.78 is 13.4. The van der Waals surface area contributed by atoms with Gasteiger partial charge in [0.2, 0.25) is 0 Å². The Bertz CT molecular complexity index is 812. The van der Waals surface area contributed by atoms with Crippen LogP contribution >= 0.6 is 22.9 Å². The van der Waals surface area contributed by atoms with E-state index in [1.54, 1.807) is 6.92 Å². The number of nitrogens with zero attached hydrogens (tertiary/aromatic N) is 2. The molecule has 0 aromatic carbocycles. The number of hydrogen-bond donors (Lipinski definition) is 1. The van der Waals surface area contributed by atoms with Gasteiger partial charge in [0, 0.05) is 4.88 Å². The van der Waals surface area contributed by atoms with Crippen molar-refractivity contribution in [3.05, 3.63) is 26.6 Å². The summed E-state index contributed by atoms with van der Waals surface area (Å²) in [5, 5.41) is 6.78. The lowest BCUT2D eigenvalue weighted by atomic mass is 10.1. The first kappa shape index (κ1) is 19.0. The number of carbonyl (C=O) groups excluding carboxylic acids is 3. The van der Waals surface area contributed by atoms with E-state index in [0.717, 1.165) is 22.0 Å². The number of thiophene rings is 1. The minimum absolute atomic E-state index is 0.286. The van der Waals surface area contributed by atoms with Crippen LogP contribution in [0.3, 0.4) is 0 Å². The summed E-state index contributed by atoms with van der Waals surface area (Å²) in [4.78, 5) is 37.1. The van der Waals surface area contributed by atoms with Crippen molar-refractivity contribution in [3.8, 4) is 0 Å². The molecule has 0 atom stereocenters. The molecule has 0 aliphatic rings. The van der Waals surface area contributed by atoms with Gasteiger partial charge in [-0.2, -0.15) is 0 Å². The van der Waals surface area contributed by atoms with Crippen LogP contribution in [0, 0.1) is 13.8 Å². The number of rotatable bonds is 6. The molecule has 134 valence electrons. The number of aromatic nitrogens is 2. The number of methoxy groups -OCH3 is 1. The summed E-state index contributed by atoms with van der Waals surface area (Å²) in [5.41, 5.74) is 1.59. The highest BCUT2D eigenvalue weighted by atomic mass is 32.1. The van der Waals surface area contributed by atoms with E-state index < -0.39 is 24.5 Å². The summed E-state index contributed by atoms with van der Waals surface area (Å²) in [6, 6.07) is 0. The van der Waals surface area contributed by atoms with E-state index in [-0.39, 0.29) is 4.88 Å². The number of anilines is 1. The van der Waals surface area contributed by atoms with Gasteiger partial charge < -0.3 is 14.8 Å². The van der Waals surface area contributed by atoms with Crippen LogP contribution in [-0.2, 0) is 20.7 Å². The van der Waals surface area contributed by atoms with Crippen LogP contribution in [0.4, 0.5) is 5.00 Å². The molecule has 0 fully saturated rings. The SMILES string of the molecule is CCc1nnsc1C(=O)OCC(=O)Nc1sc(C)c(C)c1C(=O)OC. The molecule has 2 aromatic heterocycles. The molecule has 2 rings (SSSR count). The van der Waals surface area contributed by atoms with Gasteiger partial charge in [-0.15, -0.1) is 16.4 Å². The van der Waals surface area contributed by atoms with Crippen LogP contribution < -0.4 is 5.32 Å². The first-order valence-electron chi connectivity index (χ1n) is 7.35. The fraction of sp³-hybridized carbons (Fsp3) is 0.400. The van der Waals surface area contributed by atoms with Crippen molar-refractivity contribution in [2.45, 2.75) is 27.2 Å². The molecule has 10 heteroatoms. The Balaban J connectivity index is 2.03. The normalized spacial score (nSPS) is 10.4. The lowest BCUT2D eigenvalue weighted by Gasteiger charge is -2.07. The molecule has 1 amide bonds. The maximum atomic E-state index is 12.1. The molecule has 0 aliphatic carbocycles. The highest BCUT2D eigenvalue weighted by Gasteiger charge is 2.22. The molecular weight excluding hydrogens is 366 g/mol. The minimum atomic E-state index is -0.645. The standard InChI is InChI=1S/C15H17N3O5S2/c1-5-9-12(25-18-17-9)15(21)23-6-10(19)16-13-11(14(20)22-4)7(2)8(3)24-13/h5-6H2,1-4H3,(H,16,19). The number of hydrogen-bond acceptors (Lipinski definition) is 9. The van der Waals surface area contributed by atoms with E-state index in [0.29, 0.717) is 22.7 Å². The first-order chi connectivity index (χ1) is 11.9. The van der Waals surface area contributed by atoms with Crippen LogP contribution in [0.25, 0.3) is 0 Å². The van der Waals surface area contributed by atoms with Crippen LogP contribution in [0.15, 0.2) is 0 Å². The molecule has 0 saturated heterocycles. The van der Waals surface area contributed by atoms with E-state index in [1.807, 2.05) is 13.8 Å². The van der Waals surface area contributed by atoms with Gasteiger partial charge in [0.1, 0.15) is 5.00 Å². The van der Waals surface area contributed by atoms with Crippen molar-refractivity contribution >= 4 is 45.7 Å². The number of carbonyl (C=O) groups is 3. The topological polar surface area (TPSA) is 107 Å². The molecule has 25 heavy (non-hydrogen) atoms. The zero-order valence-electron chi connectivity index (χ0n) is 14.2. The van der Waals surface area contributed by atoms with Crippen LogP contribution in [-0.4, -0.2) is 41.1 Å². The Kier molecular flexibility index (Phi) is 6.21. The smallest absolute Gasteiger partial charge is 0.352 e. The van der Waals surface area contributed by atoms with Gasteiger partial charge in [-0.1, -0.05) is 11.4 Å². The van der Waals surface area contributed by atoms with Crippen LogP contribution in [0.2, 0.25) is 0 Å². The maximum absolute atomic E-state index is 12.1. The monoisotopic (exact) mass is 383 g/mol. The molecule has 0 saturated carbocycles. The third-order valence-corrected chi connectivity index (χ3v) is 5.31.